The highest BCUT2D eigenvalue weighted by molar-refractivity contribution is 14.1. The second-order valence-electron chi connectivity index (χ2n) is 3.30. The van der Waals surface area contributed by atoms with E-state index in [9.17, 15) is 0 Å². The lowest BCUT2D eigenvalue weighted by molar-refractivity contribution is -0.743. The number of aryl methyl sites for hydroxylation is 1. The summed E-state index contributed by atoms with van der Waals surface area (Å²) in [6.45, 7) is 0. The van der Waals surface area contributed by atoms with Crippen LogP contribution >= 0.6 is 22.6 Å². The molecule has 0 saturated carbocycles. The van der Waals surface area contributed by atoms with Gasteiger partial charge in [0.05, 0.1) is 6.20 Å². The fourth-order valence-corrected chi connectivity index (χ4v) is 2.00. The maximum absolute atomic E-state index is 3.14. The van der Waals surface area contributed by atoms with Crippen molar-refractivity contribution in [2.75, 3.05) is 7.05 Å². The lowest BCUT2D eigenvalue weighted by atomic mass is 10.4. The van der Waals surface area contributed by atoms with Crippen LogP contribution in [0.4, 0.5) is 0 Å². The maximum Gasteiger partial charge on any atom is 0.279 e. The molecule has 1 aliphatic heterocycles. The van der Waals surface area contributed by atoms with E-state index >= 15 is 0 Å². The van der Waals surface area contributed by atoms with Gasteiger partial charge >= 0.3 is 0 Å². The number of nitrogens with zero attached hydrogens (tertiary/aromatic N) is 3. The molecule has 0 radical (unpaired) electrons. The summed E-state index contributed by atoms with van der Waals surface area (Å²) in [6, 6.07) is 2.02. The third kappa shape index (κ3) is 1.96. The molecule has 0 saturated heterocycles. The summed E-state index contributed by atoms with van der Waals surface area (Å²) in [5.41, 5.74) is 1.15. The lowest BCUT2D eigenvalue weighted by Gasteiger charge is -2.00. The van der Waals surface area contributed by atoms with Crippen LogP contribution in [-0.2, 0) is 7.05 Å². The van der Waals surface area contributed by atoms with Crippen LogP contribution in [0.15, 0.2) is 40.4 Å². The normalized spacial score (nSPS) is 15.5. The predicted molar refractivity (Wildman–Crippen MR) is 67.7 cm³/mol. The first-order valence-electron chi connectivity index (χ1n) is 4.63. The molecule has 0 fully saturated rings. The minimum Gasteiger partial charge on any atom is -0.146 e. The highest BCUT2D eigenvalue weighted by Gasteiger charge is 2.17. The van der Waals surface area contributed by atoms with Crippen molar-refractivity contribution in [2.45, 2.75) is 0 Å². The molecule has 1 aromatic heterocycles. The number of hydrogen-bond donors (Lipinski definition) is 0. The third-order valence-corrected chi connectivity index (χ3v) is 3.52. The fourth-order valence-electron chi connectivity index (χ4n) is 1.43. The fraction of sp³-hybridized carbons (Fsp3) is 0.182. The van der Waals surface area contributed by atoms with Gasteiger partial charge in [-0.05, 0) is 12.2 Å². The first-order valence-corrected chi connectivity index (χ1v) is 5.71. The van der Waals surface area contributed by atoms with E-state index in [1.165, 1.54) is 0 Å². The largest absolute Gasteiger partial charge is 0.279 e. The Bertz CT molecular complexity index is 514. The van der Waals surface area contributed by atoms with Crippen LogP contribution in [0.1, 0.15) is 0 Å². The molecular formula is C11H12IN3+2. The molecule has 0 N–H and O–H groups in total. The Morgan fingerprint density at radius 1 is 1.40 bits per heavy atom. The van der Waals surface area contributed by atoms with Crippen LogP contribution in [0.25, 0.3) is 5.70 Å². The third-order valence-electron chi connectivity index (χ3n) is 2.24. The highest BCUT2D eigenvalue weighted by Crippen LogP contribution is 2.18. The van der Waals surface area contributed by atoms with Crippen molar-refractivity contribution in [2.24, 2.45) is 7.05 Å². The molecule has 15 heavy (non-hydrogen) atoms. The molecule has 0 amide bonds. The van der Waals surface area contributed by atoms with E-state index in [4.69, 9.17) is 0 Å². The quantitative estimate of drug-likeness (QED) is 0.421. The van der Waals surface area contributed by atoms with Gasteiger partial charge in [-0.25, -0.2) is 0 Å². The number of halogens is 1. The van der Waals surface area contributed by atoms with Crippen LogP contribution in [-0.4, -0.2) is 22.2 Å². The van der Waals surface area contributed by atoms with Crippen LogP contribution in [0.2, 0.25) is 0 Å². The van der Waals surface area contributed by atoms with Crippen molar-refractivity contribution in [1.82, 2.24) is 4.68 Å². The van der Waals surface area contributed by atoms with Crippen molar-refractivity contribution in [3.05, 3.63) is 40.4 Å². The minimum absolute atomic E-state index is 1.14. The highest BCUT2D eigenvalue weighted by atomic mass is 127. The Kier molecular flexibility index (Phi) is 2.88. The van der Waals surface area contributed by atoms with Gasteiger partial charge in [-0.3, -0.25) is 0 Å². The summed E-state index contributed by atoms with van der Waals surface area (Å²) in [4.78, 5) is 0. The zero-order valence-electron chi connectivity index (χ0n) is 8.68. The van der Waals surface area contributed by atoms with Gasteiger partial charge in [-0.15, -0.1) is 13.9 Å². The maximum atomic E-state index is 3.14. The van der Waals surface area contributed by atoms with E-state index in [-0.39, 0.29) is 0 Å². The first kappa shape index (κ1) is 10.4. The molecule has 0 spiro atoms. The Labute approximate surface area is 102 Å². The van der Waals surface area contributed by atoms with Gasteiger partial charge in [0, 0.05) is 34.7 Å². The summed E-state index contributed by atoms with van der Waals surface area (Å²) in [5.74, 6) is 3.14. The molecule has 76 valence electrons. The molecule has 3 nitrogen and oxygen atoms in total. The van der Waals surface area contributed by atoms with Gasteiger partial charge in [0.2, 0.25) is 0 Å². The summed E-state index contributed by atoms with van der Waals surface area (Å²) >= 11 is 2.32. The number of aromatic nitrogens is 2. The van der Waals surface area contributed by atoms with Crippen LogP contribution in [0, 0.1) is 0 Å². The van der Waals surface area contributed by atoms with E-state index in [0.29, 0.717) is 0 Å². The molecule has 2 heterocycles. The van der Waals surface area contributed by atoms with Gasteiger partial charge in [-0.2, -0.15) is 0 Å². The summed E-state index contributed by atoms with van der Waals surface area (Å²) in [6.07, 6.45) is 10.1. The number of hydrogen-bond acceptors (Lipinski definition) is 0. The predicted octanol–water partition coefficient (Wildman–Crippen LogP) is 1.31. The van der Waals surface area contributed by atoms with Crippen LogP contribution in [0.5, 0.6) is 0 Å². The Hall–Kier alpha value is -1.13. The molecule has 0 aromatic carbocycles. The minimum atomic E-state index is 1.14. The Balaban J connectivity index is 2.60. The SMILES string of the molecule is C[N+]1=C=CC=CC(n2ccc[n+]2C)=C1I. The molecule has 1 aliphatic rings. The van der Waals surface area contributed by atoms with Crippen molar-refractivity contribution in [3.63, 3.8) is 0 Å². The summed E-state index contributed by atoms with van der Waals surface area (Å²) < 4.78 is 7.26. The Morgan fingerprint density at radius 2 is 2.20 bits per heavy atom. The van der Waals surface area contributed by atoms with Gasteiger partial charge in [-0.1, -0.05) is 0 Å². The van der Waals surface area contributed by atoms with Crippen molar-refractivity contribution >= 4 is 34.2 Å². The summed E-state index contributed by atoms with van der Waals surface area (Å²) in [5, 5.41) is 0. The van der Waals surface area contributed by atoms with E-state index in [1.54, 1.807) is 0 Å². The molecule has 1 aromatic rings. The monoisotopic (exact) mass is 313 g/mol. The smallest absolute Gasteiger partial charge is 0.146 e. The zero-order valence-corrected chi connectivity index (χ0v) is 10.8. The lowest BCUT2D eigenvalue weighted by Crippen LogP contribution is -2.37. The van der Waals surface area contributed by atoms with E-state index in [0.717, 1.165) is 9.40 Å². The standard InChI is InChI=1S/C11H12IN3/c1-13-7-4-3-6-10(11(13)12)15-9-5-8-14(15)2/h3-6,8-9H,1-2H3/q+2. The molecule has 0 atom stereocenters. The van der Waals surface area contributed by atoms with Crippen LogP contribution in [0.3, 0.4) is 0 Å². The molecule has 2 rings (SSSR count). The van der Waals surface area contributed by atoms with Gasteiger partial charge in [0.15, 0.2) is 24.8 Å². The molecule has 4 heteroatoms. The second kappa shape index (κ2) is 4.16. The zero-order chi connectivity index (χ0) is 10.8. The number of rotatable bonds is 1. The topological polar surface area (TPSA) is 11.8 Å². The van der Waals surface area contributed by atoms with E-state index < -0.39 is 0 Å². The van der Waals surface area contributed by atoms with Crippen molar-refractivity contribution in [1.29, 1.82) is 0 Å². The van der Waals surface area contributed by atoms with Gasteiger partial charge in [0.25, 0.3) is 3.70 Å². The van der Waals surface area contributed by atoms with Gasteiger partial charge < -0.3 is 0 Å². The molecule has 0 unspecified atom stereocenters. The second-order valence-corrected chi connectivity index (χ2v) is 4.32. The van der Waals surface area contributed by atoms with E-state index in [1.807, 2.05) is 54.0 Å². The average molecular weight is 313 g/mol. The molecule has 0 aliphatic carbocycles. The average Bonchev–Trinajstić information content (AvgIpc) is 2.56. The number of allylic oxidation sites excluding steroid dienone is 4. The Morgan fingerprint density at radius 3 is 2.87 bits per heavy atom. The van der Waals surface area contributed by atoms with E-state index in [2.05, 4.69) is 39.2 Å². The van der Waals surface area contributed by atoms with Gasteiger partial charge in [0.1, 0.15) is 7.05 Å². The van der Waals surface area contributed by atoms with Crippen molar-refractivity contribution in [3.8, 4) is 0 Å². The summed E-state index contributed by atoms with van der Waals surface area (Å²) in [7, 11) is 4.02. The molecular weight excluding hydrogens is 301 g/mol. The molecule has 0 bridgehead atoms. The van der Waals surface area contributed by atoms with Crippen LogP contribution < -0.4 is 4.68 Å². The van der Waals surface area contributed by atoms with Crippen molar-refractivity contribution < 1.29 is 9.26 Å². The first-order chi connectivity index (χ1) is 7.20.